The lowest BCUT2D eigenvalue weighted by atomic mass is 10.1. The maximum Gasteiger partial charge on any atom is 0.285 e. The molecule has 2 rings (SSSR count). The lowest BCUT2D eigenvalue weighted by molar-refractivity contribution is -0.117. The van der Waals surface area contributed by atoms with Crippen LogP contribution >= 0.6 is 11.6 Å². The maximum atomic E-state index is 12.1. The van der Waals surface area contributed by atoms with E-state index >= 15 is 0 Å². The number of hydrogen-bond acceptors (Lipinski definition) is 5. The van der Waals surface area contributed by atoms with Crippen LogP contribution in [0, 0.1) is 36.5 Å². The first kappa shape index (κ1) is 17.2. The molecule has 0 aliphatic rings. The monoisotopic (exact) mass is 341 g/mol. The number of anilines is 1. The average molecular weight is 342 g/mol. The van der Waals surface area contributed by atoms with Crippen LogP contribution in [0.5, 0.6) is 0 Å². The van der Waals surface area contributed by atoms with E-state index in [0.717, 1.165) is 4.68 Å². The van der Waals surface area contributed by atoms with Crippen molar-refractivity contribution in [1.29, 1.82) is 10.5 Å². The molecule has 7 nitrogen and oxygen atoms in total. The molecule has 0 bridgehead atoms. The van der Waals surface area contributed by atoms with E-state index < -0.39 is 11.5 Å². The number of nitrogens with zero attached hydrogens (tertiary/aromatic N) is 4. The third-order valence-electron chi connectivity index (χ3n) is 3.42. The van der Waals surface area contributed by atoms with Gasteiger partial charge in [0.1, 0.15) is 24.2 Å². The first-order valence-corrected chi connectivity index (χ1v) is 7.23. The topological polar surface area (TPSA) is 112 Å². The summed E-state index contributed by atoms with van der Waals surface area (Å²) < 4.78 is 0.946. The Morgan fingerprint density at radius 2 is 2.04 bits per heavy atom. The maximum absolute atomic E-state index is 12.1. The van der Waals surface area contributed by atoms with Crippen LogP contribution < -0.4 is 10.9 Å². The summed E-state index contributed by atoms with van der Waals surface area (Å²) in [6, 6.07) is 8.20. The zero-order valence-corrected chi connectivity index (χ0v) is 13.7. The van der Waals surface area contributed by atoms with Gasteiger partial charge in [-0.1, -0.05) is 11.6 Å². The van der Waals surface area contributed by atoms with E-state index in [1.807, 2.05) is 12.1 Å². The molecule has 1 N–H and O–H groups in total. The number of nitriles is 2. The van der Waals surface area contributed by atoms with Crippen LogP contribution in [0.1, 0.15) is 22.4 Å². The minimum Gasteiger partial charge on any atom is -0.324 e. The Morgan fingerprint density at radius 1 is 1.33 bits per heavy atom. The summed E-state index contributed by atoms with van der Waals surface area (Å²) in [5, 5.41) is 24.7. The van der Waals surface area contributed by atoms with Crippen molar-refractivity contribution >= 4 is 23.2 Å². The number of hydrogen-bond donors (Lipinski definition) is 1. The van der Waals surface area contributed by atoms with Crippen molar-refractivity contribution in [3.05, 3.63) is 56.0 Å². The van der Waals surface area contributed by atoms with Gasteiger partial charge in [-0.15, -0.1) is 0 Å². The van der Waals surface area contributed by atoms with Gasteiger partial charge in [-0.05, 0) is 37.6 Å². The molecular weight excluding hydrogens is 330 g/mol. The van der Waals surface area contributed by atoms with Crippen molar-refractivity contribution in [2.24, 2.45) is 0 Å². The minimum absolute atomic E-state index is 0.0308. The van der Waals surface area contributed by atoms with Crippen LogP contribution in [0.2, 0.25) is 5.02 Å². The van der Waals surface area contributed by atoms with Gasteiger partial charge < -0.3 is 5.32 Å². The number of amides is 1. The van der Waals surface area contributed by atoms with Gasteiger partial charge >= 0.3 is 0 Å². The van der Waals surface area contributed by atoms with Crippen LogP contribution in [0.15, 0.2) is 23.0 Å². The molecule has 0 aliphatic carbocycles. The molecule has 1 aromatic heterocycles. The van der Waals surface area contributed by atoms with Crippen molar-refractivity contribution in [3.8, 4) is 12.1 Å². The molecular formula is C16H12ClN5O2. The van der Waals surface area contributed by atoms with Crippen LogP contribution in [0.4, 0.5) is 5.69 Å². The average Bonchev–Trinajstić information content (AvgIpc) is 2.53. The largest absolute Gasteiger partial charge is 0.324 e. The molecule has 8 heteroatoms. The quantitative estimate of drug-likeness (QED) is 0.916. The Bertz CT molecular complexity index is 966. The van der Waals surface area contributed by atoms with E-state index in [9.17, 15) is 9.59 Å². The summed E-state index contributed by atoms with van der Waals surface area (Å²) in [6.07, 6.45) is 0. The fraction of sp³-hybridized carbons (Fsp3) is 0.188. The molecule has 2 aromatic rings. The van der Waals surface area contributed by atoms with Crippen molar-refractivity contribution < 1.29 is 4.79 Å². The zero-order valence-electron chi connectivity index (χ0n) is 12.9. The SMILES string of the molecule is Cc1nn(CC(=O)Nc2ccc(C#N)c(Cl)c2)c(=O)c(C#N)c1C. The zero-order chi connectivity index (χ0) is 17.9. The summed E-state index contributed by atoms with van der Waals surface area (Å²) in [4.78, 5) is 24.2. The number of aromatic nitrogens is 2. The molecule has 0 saturated carbocycles. The number of aryl methyl sites for hydroxylation is 1. The molecule has 0 radical (unpaired) electrons. The van der Waals surface area contributed by atoms with Gasteiger partial charge in [-0.3, -0.25) is 9.59 Å². The highest BCUT2D eigenvalue weighted by molar-refractivity contribution is 6.32. The normalized spacial score (nSPS) is 9.88. The Morgan fingerprint density at radius 3 is 2.62 bits per heavy atom. The first-order chi connectivity index (χ1) is 11.4. The smallest absolute Gasteiger partial charge is 0.285 e. The summed E-state index contributed by atoms with van der Waals surface area (Å²) in [6.45, 7) is 2.95. The number of carbonyl (C=O) groups is 1. The summed E-state index contributed by atoms with van der Waals surface area (Å²) in [5.74, 6) is -0.502. The fourth-order valence-electron chi connectivity index (χ4n) is 2.03. The van der Waals surface area contributed by atoms with E-state index in [1.54, 1.807) is 13.8 Å². The van der Waals surface area contributed by atoms with Crippen LogP contribution in [0.3, 0.4) is 0 Å². The molecule has 0 unspecified atom stereocenters. The van der Waals surface area contributed by atoms with Crippen LogP contribution in [-0.2, 0) is 11.3 Å². The highest BCUT2D eigenvalue weighted by Gasteiger charge is 2.14. The second kappa shape index (κ2) is 6.95. The van der Waals surface area contributed by atoms with E-state index in [0.29, 0.717) is 22.5 Å². The Hall–Kier alpha value is -3.16. The van der Waals surface area contributed by atoms with Gasteiger partial charge in [0.15, 0.2) is 0 Å². The van der Waals surface area contributed by atoms with Gasteiger partial charge in [0.05, 0.1) is 16.3 Å². The number of nitrogens with one attached hydrogen (secondary N) is 1. The fourth-order valence-corrected chi connectivity index (χ4v) is 2.25. The summed E-state index contributed by atoms with van der Waals surface area (Å²) in [5.41, 5.74) is 1.03. The first-order valence-electron chi connectivity index (χ1n) is 6.85. The highest BCUT2D eigenvalue weighted by atomic mass is 35.5. The highest BCUT2D eigenvalue weighted by Crippen LogP contribution is 2.20. The van der Waals surface area contributed by atoms with Crippen LogP contribution in [-0.4, -0.2) is 15.7 Å². The molecule has 24 heavy (non-hydrogen) atoms. The van der Waals surface area contributed by atoms with E-state index in [4.69, 9.17) is 22.1 Å². The number of benzene rings is 1. The second-order valence-electron chi connectivity index (χ2n) is 5.01. The van der Waals surface area contributed by atoms with Crippen molar-refractivity contribution in [2.45, 2.75) is 20.4 Å². The standard InChI is InChI=1S/C16H12ClN5O2/c1-9-10(2)21-22(16(24)13(9)7-19)8-15(23)20-12-4-3-11(6-18)14(17)5-12/h3-5H,8H2,1-2H3,(H,20,23). The Balaban J connectivity index is 2.24. The lowest BCUT2D eigenvalue weighted by Gasteiger charge is -2.10. The molecule has 0 atom stereocenters. The lowest BCUT2D eigenvalue weighted by Crippen LogP contribution is -2.32. The van der Waals surface area contributed by atoms with Gasteiger partial charge in [0.25, 0.3) is 5.56 Å². The van der Waals surface area contributed by atoms with E-state index in [1.165, 1.54) is 18.2 Å². The van der Waals surface area contributed by atoms with Crippen LogP contribution in [0.25, 0.3) is 0 Å². The molecule has 0 fully saturated rings. The molecule has 1 heterocycles. The van der Waals surface area contributed by atoms with Gasteiger partial charge in [0, 0.05) is 5.69 Å². The van der Waals surface area contributed by atoms with Crippen molar-refractivity contribution in [2.75, 3.05) is 5.32 Å². The number of halogens is 1. The summed E-state index contributed by atoms with van der Waals surface area (Å²) >= 11 is 5.90. The summed E-state index contributed by atoms with van der Waals surface area (Å²) in [7, 11) is 0. The van der Waals surface area contributed by atoms with Gasteiger partial charge in [0.2, 0.25) is 5.91 Å². The van der Waals surface area contributed by atoms with E-state index in [-0.39, 0.29) is 17.1 Å². The van der Waals surface area contributed by atoms with Gasteiger partial charge in [-0.25, -0.2) is 4.68 Å². The Kier molecular flexibility index (Phi) is 4.98. The molecule has 1 amide bonds. The molecule has 120 valence electrons. The predicted octanol–water partition coefficient (Wildman–Crippen LogP) is 1.90. The molecule has 0 spiro atoms. The third kappa shape index (κ3) is 3.43. The molecule has 0 aliphatic heterocycles. The predicted molar refractivity (Wildman–Crippen MR) is 87.5 cm³/mol. The minimum atomic E-state index is -0.617. The number of rotatable bonds is 3. The number of carbonyl (C=O) groups excluding carboxylic acids is 1. The Labute approximate surface area is 142 Å². The van der Waals surface area contributed by atoms with E-state index in [2.05, 4.69) is 10.4 Å². The second-order valence-corrected chi connectivity index (χ2v) is 5.42. The van der Waals surface area contributed by atoms with Gasteiger partial charge in [-0.2, -0.15) is 15.6 Å². The molecule has 1 aromatic carbocycles. The molecule has 0 saturated heterocycles. The van der Waals surface area contributed by atoms with Crippen molar-refractivity contribution in [1.82, 2.24) is 9.78 Å². The third-order valence-corrected chi connectivity index (χ3v) is 3.73. The van der Waals surface area contributed by atoms with Crippen molar-refractivity contribution in [3.63, 3.8) is 0 Å².